The number of hydrogen-bond acceptors (Lipinski definition) is 1. The molecule has 0 unspecified atom stereocenters. The van der Waals surface area contributed by atoms with Gasteiger partial charge in [0, 0.05) is 0 Å². The average molecular weight is 91.7 g/mol. The summed E-state index contributed by atoms with van der Waals surface area (Å²) in [7, 11) is 10.6. The van der Waals surface area contributed by atoms with Gasteiger partial charge in [0.1, 0.15) is 0 Å². The van der Waals surface area contributed by atoms with Crippen LogP contribution in [0.15, 0.2) is 0 Å². The number of ether oxygens (including phenoxy) is 1. The first-order valence-electron chi connectivity index (χ1n) is 2.39. The normalized spacial score (nSPS) is 22.4. The molecule has 0 atom stereocenters. The fourth-order valence-corrected chi connectivity index (χ4v) is 0.476. The molecule has 1 aliphatic heterocycles. The monoisotopic (exact) mass is 92.1 g/mol. The molecule has 1 heterocycles. The molecule has 7 heavy (non-hydrogen) atoms. The maximum atomic E-state index is 5.30. The lowest BCUT2D eigenvalue weighted by Gasteiger charge is -2.29. The molecule has 3 heteroatoms. The van der Waals surface area contributed by atoms with E-state index in [9.17, 15) is 0 Å². The van der Waals surface area contributed by atoms with Gasteiger partial charge in [-0.2, -0.15) is 0 Å². The largest absolute Gasteiger partial charge is 0.381 e. The minimum atomic E-state index is -0.172. The van der Waals surface area contributed by atoms with Crippen molar-refractivity contribution in [2.75, 3.05) is 13.2 Å². The summed E-state index contributed by atoms with van der Waals surface area (Å²) in [5.74, 6) is 0.417. The topological polar surface area (TPSA) is 9.23 Å². The van der Waals surface area contributed by atoms with Crippen LogP contribution in [-0.4, -0.2) is 28.9 Å². The van der Waals surface area contributed by atoms with Crippen LogP contribution in [0.3, 0.4) is 0 Å². The summed E-state index contributed by atoms with van der Waals surface area (Å²) in [5.41, 5.74) is -0.172. The molecule has 1 rings (SSSR count). The first kappa shape index (κ1) is 5.23. The van der Waals surface area contributed by atoms with Crippen LogP contribution >= 0.6 is 0 Å². The van der Waals surface area contributed by atoms with Crippen molar-refractivity contribution in [2.45, 2.75) is 5.72 Å². The summed E-state index contributed by atoms with van der Waals surface area (Å²) in [6.45, 7) is 1.50. The Balaban J connectivity index is 2.14. The maximum absolute atomic E-state index is 5.30. The van der Waals surface area contributed by atoms with E-state index in [2.05, 4.69) is 0 Å². The van der Waals surface area contributed by atoms with Crippen LogP contribution in [0.25, 0.3) is 0 Å². The molecule has 0 saturated carbocycles. The van der Waals surface area contributed by atoms with Gasteiger partial charge in [-0.05, 0) is 5.92 Å². The second kappa shape index (κ2) is 1.91. The van der Waals surface area contributed by atoms with Crippen molar-refractivity contribution in [3.05, 3.63) is 0 Å². The van der Waals surface area contributed by atoms with E-state index in [1.807, 2.05) is 0 Å². The standard InChI is InChI=1S/C4H6B2O/c5-4(6)3-1-7-2-3/h3-4H,1-2H2. The highest BCUT2D eigenvalue weighted by Gasteiger charge is 2.20. The Hall–Kier alpha value is 0.0899. The summed E-state index contributed by atoms with van der Waals surface area (Å²) in [6, 6.07) is 0. The summed E-state index contributed by atoms with van der Waals surface area (Å²) in [6.07, 6.45) is 0. The molecule has 1 nitrogen and oxygen atoms in total. The van der Waals surface area contributed by atoms with Gasteiger partial charge in [0.2, 0.25) is 0 Å². The van der Waals surface area contributed by atoms with E-state index < -0.39 is 0 Å². The molecule has 1 saturated heterocycles. The Morgan fingerprint density at radius 2 is 2.00 bits per heavy atom. The first-order chi connectivity index (χ1) is 3.30. The highest BCUT2D eigenvalue weighted by atomic mass is 16.5. The highest BCUT2D eigenvalue weighted by molar-refractivity contribution is 6.35. The minimum absolute atomic E-state index is 0.172. The van der Waals surface area contributed by atoms with Crippen molar-refractivity contribution < 1.29 is 4.74 Å². The van der Waals surface area contributed by atoms with Crippen molar-refractivity contribution in [1.82, 2.24) is 0 Å². The van der Waals surface area contributed by atoms with Crippen LogP contribution in [0.5, 0.6) is 0 Å². The van der Waals surface area contributed by atoms with Crippen molar-refractivity contribution in [1.29, 1.82) is 0 Å². The zero-order valence-electron chi connectivity index (χ0n) is 4.13. The molecule has 0 N–H and O–H groups in total. The van der Waals surface area contributed by atoms with E-state index in [4.69, 9.17) is 20.4 Å². The third kappa shape index (κ3) is 1.00. The third-order valence-electron chi connectivity index (χ3n) is 1.21. The SMILES string of the molecule is [B]C([B])C1COC1. The molecular formula is C4H6B2O. The number of rotatable bonds is 1. The van der Waals surface area contributed by atoms with Crippen molar-refractivity contribution >= 4 is 15.7 Å². The highest BCUT2D eigenvalue weighted by Crippen LogP contribution is 2.18. The molecule has 1 aliphatic rings. The van der Waals surface area contributed by atoms with Crippen LogP contribution in [0.4, 0.5) is 0 Å². The van der Waals surface area contributed by atoms with E-state index in [1.165, 1.54) is 0 Å². The summed E-state index contributed by atoms with van der Waals surface area (Å²) in [5, 5.41) is 0. The van der Waals surface area contributed by atoms with Crippen LogP contribution in [-0.2, 0) is 4.74 Å². The predicted octanol–water partition coefficient (Wildman–Crippen LogP) is -0.284. The smallest absolute Gasteiger partial charge is 0.0581 e. The van der Waals surface area contributed by atoms with Crippen LogP contribution < -0.4 is 0 Å². The zero-order chi connectivity index (χ0) is 5.28. The van der Waals surface area contributed by atoms with Gasteiger partial charge in [0.05, 0.1) is 28.9 Å². The molecular weight excluding hydrogens is 85.7 g/mol. The first-order valence-corrected chi connectivity index (χ1v) is 2.39. The molecule has 0 bridgehead atoms. The molecule has 0 aliphatic carbocycles. The zero-order valence-corrected chi connectivity index (χ0v) is 4.13. The maximum Gasteiger partial charge on any atom is 0.0581 e. The van der Waals surface area contributed by atoms with Gasteiger partial charge in [0.15, 0.2) is 0 Å². The van der Waals surface area contributed by atoms with E-state index >= 15 is 0 Å². The van der Waals surface area contributed by atoms with Gasteiger partial charge < -0.3 is 4.74 Å². The fraction of sp³-hybridized carbons (Fsp3) is 1.00. The Bertz CT molecular complexity index is 60.7. The van der Waals surface area contributed by atoms with Gasteiger partial charge in [0.25, 0.3) is 0 Å². The molecule has 0 aromatic carbocycles. The molecule has 34 valence electrons. The summed E-state index contributed by atoms with van der Waals surface area (Å²) < 4.78 is 4.84. The van der Waals surface area contributed by atoms with Crippen LogP contribution in [0.2, 0.25) is 5.72 Å². The van der Waals surface area contributed by atoms with Crippen molar-refractivity contribution in [3.63, 3.8) is 0 Å². The second-order valence-corrected chi connectivity index (χ2v) is 1.87. The second-order valence-electron chi connectivity index (χ2n) is 1.87. The lowest BCUT2D eigenvalue weighted by atomic mass is 9.63. The van der Waals surface area contributed by atoms with Crippen molar-refractivity contribution in [3.8, 4) is 0 Å². The molecule has 0 spiro atoms. The van der Waals surface area contributed by atoms with E-state index in [-0.39, 0.29) is 5.72 Å². The van der Waals surface area contributed by atoms with Crippen LogP contribution in [0.1, 0.15) is 0 Å². The van der Waals surface area contributed by atoms with Gasteiger partial charge in [-0.3, -0.25) is 0 Å². The molecule has 1 fully saturated rings. The Morgan fingerprint density at radius 3 is 2.00 bits per heavy atom. The lowest BCUT2D eigenvalue weighted by molar-refractivity contribution is -0.0259. The number of hydrogen-bond donors (Lipinski definition) is 0. The molecule has 4 radical (unpaired) electrons. The Kier molecular flexibility index (Phi) is 1.43. The van der Waals surface area contributed by atoms with Gasteiger partial charge in [-0.15, -0.1) is 5.72 Å². The van der Waals surface area contributed by atoms with Gasteiger partial charge in [-0.1, -0.05) is 0 Å². The average Bonchev–Trinajstić information content (AvgIpc) is 1.23. The third-order valence-corrected chi connectivity index (χ3v) is 1.21. The fourth-order valence-electron chi connectivity index (χ4n) is 0.476. The van der Waals surface area contributed by atoms with Crippen molar-refractivity contribution in [2.24, 2.45) is 5.92 Å². The molecule has 0 amide bonds. The van der Waals surface area contributed by atoms with E-state index in [0.717, 1.165) is 13.2 Å². The lowest BCUT2D eigenvalue weighted by Crippen LogP contribution is -2.31. The van der Waals surface area contributed by atoms with Crippen LogP contribution in [0, 0.1) is 5.92 Å². The molecule has 0 aromatic rings. The Morgan fingerprint density at radius 1 is 1.43 bits per heavy atom. The summed E-state index contributed by atoms with van der Waals surface area (Å²) >= 11 is 0. The summed E-state index contributed by atoms with van der Waals surface area (Å²) in [4.78, 5) is 0. The minimum Gasteiger partial charge on any atom is -0.381 e. The molecule has 0 aromatic heterocycles. The van der Waals surface area contributed by atoms with E-state index in [1.54, 1.807) is 0 Å². The van der Waals surface area contributed by atoms with Gasteiger partial charge in [-0.25, -0.2) is 0 Å². The predicted molar refractivity (Wildman–Crippen MR) is 29.6 cm³/mol. The Labute approximate surface area is 46.2 Å². The quantitative estimate of drug-likeness (QED) is 0.404. The van der Waals surface area contributed by atoms with Gasteiger partial charge >= 0.3 is 0 Å². The van der Waals surface area contributed by atoms with E-state index in [0.29, 0.717) is 5.92 Å².